The summed E-state index contributed by atoms with van der Waals surface area (Å²) in [5.74, 6) is 0.417. The van der Waals surface area contributed by atoms with Gasteiger partial charge in [0.05, 0.1) is 16.8 Å². The van der Waals surface area contributed by atoms with Crippen LogP contribution in [-0.4, -0.2) is 12.1 Å². The highest BCUT2D eigenvalue weighted by atomic mass is 35.5. The van der Waals surface area contributed by atoms with Gasteiger partial charge in [-0.1, -0.05) is 54.1 Å². The molecule has 0 aliphatic rings. The normalized spacial score (nSPS) is 10.7. The summed E-state index contributed by atoms with van der Waals surface area (Å²) in [7, 11) is 0. The van der Waals surface area contributed by atoms with Crippen LogP contribution >= 0.6 is 11.6 Å². The van der Waals surface area contributed by atoms with Gasteiger partial charge in [0, 0.05) is 0 Å². The molecule has 0 aromatic heterocycles. The molecule has 1 amide bonds. The van der Waals surface area contributed by atoms with Crippen molar-refractivity contribution in [3.63, 3.8) is 0 Å². The van der Waals surface area contributed by atoms with E-state index >= 15 is 0 Å². The minimum Gasteiger partial charge on any atom is -0.489 e. The number of nitrogens with one attached hydrogen (secondary N) is 1. The molecular formula is C21H17ClN2O2. The van der Waals surface area contributed by atoms with Gasteiger partial charge in [-0.3, -0.25) is 4.79 Å². The maximum absolute atomic E-state index is 12.0. The largest absolute Gasteiger partial charge is 0.489 e. The van der Waals surface area contributed by atoms with Gasteiger partial charge >= 0.3 is 0 Å². The number of halogens is 1. The van der Waals surface area contributed by atoms with Gasteiger partial charge in [-0.05, 0) is 47.5 Å². The molecule has 4 nitrogen and oxygen atoms in total. The van der Waals surface area contributed by atoms with E-state index in [1.54, 1.807) is 30.5 Å². The van der Waals surface area contributed by atoms with E-state index in [1.165, 1.54) is 0 Å². The Hall–Kier alpha value is -3.11. The number of rotatable bonds is 6. The molecule has 130 valence electrons. The fourth-order valence-corrected chi connectivity index (χ4v) is 2.48. The van der Waals surface area contributed by atoms with Crippen LogP contribution in [0.1, 0.15) is 21.5 Å². The monoisotopic (exact) mass is 364 g/mol. The number of carbonyl (C=O) groups excluding carboxylic acids is 1. The third kappa shape index (κ3) is 4.94. The van der Waals surface area contributed by atoms with Crippen LogP contribution in [0.3, 0.4) is 0 Å². The first-order valence-electron chi connectivity index (χ1n) is 8.07. The minimum atomic E-state index is -0.352. The number of hydrogen-bond acceptors (Lipinski definition) is 3. The predicted octanol–water partition coefficient (Wildman–Crippen LogP) is 4.68. The lowest BCUT2D eigenvalue weighted by Gasteiger charge is -2.06. The molecule has 0 aliphatic carbocycles. The smallest absolute Gasteiger partial charge is 0.272 e. The van der Waals surface area contributed by atoms with E-state index in [-0.39, 0.29) is 5.91 Å². The Morgan fingerprint density at radius 2 is 1.65 bits per heavy atom. The van der Waals surface area contributed by atoms with Gasteiger partial charge in [0.1, 0.15) is 12.4 Å². The highest BCUT2D eigenvalue weighted by molar-refractivity contribution is 6.33. The topological polar surface area (TPSA) is 50.7 Å². The van der Waals surface area contributed by atoms with Crippen molar-refractivity contribution in [2.24, 2.45) is 5.10 Å². The first-order chi connectivity index (χ1) is 12.7. The molecule has 0 fully saturated rings. The number of hydrogen-bond donors (Lipinski definition) is 1. The van der Waals surface area contributed by atoms with Crippen molar-refractivity contribution in [3.8, 4) is 5.75 Å². The molecule has 0 aliphatic heterocycles. The Labute approximate surface area is 157 Å². The van der Waals surface area contributed by atoms with Crippen molar-refractivity contribution in [1.82, 2.24) is 5.43 Å². The second-order valence-corrected chi connectivity index (χ2v) is 5.93. The van der Waals surface area contributed by atoms with Gasteiger partial charge in [0.2, 0.25) is 0 Å². The van der Waals surface area contributed by atoms with Crippen LogP contribution in [0.2, 0.25) is 5.02 Å². The minimum absolute atomic E-state index is 0.352. The number of benzene rings is 3. The number of nitrogens with zero attached hydrogens (tertiary/aromatic N) is 1. The summed E-state index contributed by atoms with van der Waals surface area (Å²) in [5.41, 5.74) is 4.81. The molecule has 5 heteroatoms. The third-order valence-electron chi connectivity index (χ3n) is 3.63. The molecule has 0 radical (unpaired) electrons. The molecule has 0 saturated carbocycles. The van der Waals surface area contributed by atoms with E-state index in [2.05, 4.69) is 10.5 Å². The second-order valence-electron chi connectivity index (χ2n) is 5.52. The fourth-order valence-electron chi connectivity index (χ4n) is 2.26. The molecule has 1 N–H and O–H groups in total. The molecule has 3 aromatic rings. The van der Waals surface area contributed by atoms with Crippen molar-refractivity contribution >= 4 is 23.7 Å². The number of amides is 1. The lowest BCUT2D eigenvalue weighted by molar-refractivity contribution is 0.0955. The van der Waals surface area contributed by atoms with Gasteiger partial charge < -0.3 is 4.74 Å². The zero-order valence-electron chi connectivity index (χ0n) is 13.9. The lowest BCUT2D eigenvalue weighted by atomic mass is 10.2. The van der Waals surface area contributed by atoms with Crippen LogP contribution < -0.4 is 10.2 Å². The summed E-state index contributed by atoms with van der Waals surface area (Å²) >= 11 is 5.98. The zero-order valence-corrected chi connectivity index (χ0v) is 14.7. The van der Waals surface area contributed by atoms with Gasteiger partial charge in [-0.25, -0.2) is 5.43 Å². The summed E-state index contributed by atoms with van der Waals surface area (Å²) in [6.07, 6.45) is 1.57. The molecule has 0 atom stereocenters. The fraction of sp³-hybridized carbons (Fsp3) is 0.0476. The SMILES string of the molecule is O=C(N/N=C\c1ccc(OCc2ccccc2)cc1)c1ccccc1Cl. The van der Waals surface area contributed by atoms with E-state index in [4.69, 9.17) is 16.3 Å². The lowest BCUT2D eigenvalue weighted by Crippen LogP contribution is -2.17. The van der Waals surface area contributed by atoms with Crippen LogP contribution in [0.15, 0.2) is 84.0 Å². The number of hydrazone groups is 1. The maximum atomic E-state index is 12.0. The van der Waals surface area contributed by atoms with Crippen molar-refractivity contribution in [1.29, 1.82) is 0 Å². The molecule has 3 rings (SSSR count). The van der Waals surface area contributed by atoms with Crippen molar-refractivity contribution in [2.45, 2.75) is 6.61 Å². The Morgan fingerprint density at radius 1 is 0.962 bits per heavy atom. The second kappa shape index (κ2) is 8.83. The Balaban J connectivity index is 1.53. The molecule has 0 bridgehead atoms. The summed E-state index contributed by atoms with van der Waals surface area (Å²) in [4.78, 5) is 12.0. The van der Waals surface area contributed by atoms with Crippen molar-refractivity contribution in [2.75, 3.05) is 0 Å². The van der Waals surface area contributed by atoms with Gasteiger partial charge in [0.25, 0.3) is 5.91 Å². The van der Waals surface area contributed by atoms with E-state index in [0.29, 0.717) is 17.2 Å². The molecule has 26 heavy (non-hydrogen) atoms. The average Bonchev–Trinajstić information content (AvgIpc) is 2.68. The standard InChI is InChI=1S/C21H17ClN2O2/c22-20-9-5-4-8-19(20)21(25)24-23-14-16-10-12-18(13-11-16)26-15-17-6-2-1-3-7-17/h1-14H,15H2,(H,24,25)/b23-14-. The van der Waals surface area contributed by atoms with Gasteiger partial charge in [-0.15, -0.1) is 0 Å². The number of carbonyl (C=O) groups is 1. The molecule has 0 saturated heterocycles. The van der Waals surface area contributed by atoms with Crippen LogP contribution in [0.25, 0.3) is 0 Å². The molecule has 0 unspecified atom stereocenters. The quantitative estimate of drug-likeness (QED) is 0.510. The predicted molar refractivity (Wildman–Crippen MR) is 104 cm³/mol. The maximum Gasteiger partial charge on any atom is 0.272 e. The van der Waals surface area contributed by atoms with Gasteiger partial charge in [0.15, 0.2) is 0 Å². The summed E-state index contributed by atoms with van der Waals surface area (Å²) in [5, 5.41) is 4.35. The molecule has 0 heterocycles. The van der Waals surface area contributed by atoms with Crippen LogP contribution in [-0.2, 0) is 6.61 Å². The first kappa shape index (κ1) is 17.7. The number of ether oxygens (including phenoxy) is 1. The molecule has 0 spiro atoms. The molecular weight excluding hydrogens is 348 g/mol. The highest BCUT2D eigenvalue weighted by Crippen LogP contribution is 2.15. The highest BCUT2D eigenvalue weighted by Gasteiger charge is 2.07. The average molecular weight is 365 g/mol. The van der Waals surface area contributed by atoms with Crippen LogP contribution in [0, 0.1) is 0 Å². The van der Waals surface area contributed by atoms with E-state index in [0.717, 1.165) is 16.9 Å². The summed E-state index contributed by atoms with van der Waals surface area (Å²) in [6.45, 7) is 0.516. The first-order valence-corrected chi connectivity index (χ1v) is 8.45. The Kier molecular flexibility index (Phi) is 6.01. The van der Waals surface area contributed by atoms with Gasteiger partial charge in [-0.2, -0.15) is 5.10 Å². The summed E-state index contributed by atoms with van der Waals surface area (Å²) < 4.78 is 5.73. The van der Waals surface area contributed by atoms with Crippen molar-refractivity contribution < 1.29 is 9.53 Å². The Morgan fingerprint density at radius 3 is 2.38 bits per heavy atom. The van der Waals surface area contributed by atoms with E-state index in [9.17, 15) is 4.79 Å². The van der Waals surface area contributed by atoms with E-state index < -0.39 is 0 Å². The van der Waals surface area contributed by atoms with Crippen LogP contribution in [0.5, 0.6) is 5.75 Å². The van der Waals surface area contributed by atoms with Crippen molar-refractivity contribution in [3.05, 3.63) is 101 Å². The zero-order chi connectivity index (χ0) is 18.2. The third-order valence-corrected chi connectivity index (χ3v) is 3.96. The summed E-state index contributed by atoms with van der Waals surface area (Å²) in [6, 6.07) is 24.2. The van der Waals surface area contributed by atoms with Crippen LogP contribution in [0.4, 0.5) is 0 Å². The molecule has 3 aromatic carbocycles. The van der Waals surface area contributed by atoms with E-state index in [1.807, 2.05) is 54.6 Å². The Bertz CT molecular complexity index is 893.